The first-order chi connectivity index (χ1) is 29.4. The van der Waals surface area contributed by atoms with E-state index in [4.69, 9.17) is 14.5 Å². The highest BCUT2D eigenvalue weighted by Crippen LogP contribution is 2.55. The topological polar surface area (TPSA) is 170 Å². The summed E-state index contributed by atoms with van der Waals surface area (Å²) in [6.45, 7) is 19.9. The summed E-state index contributed by atoms with van der Waals surface area (Å²) in [5.41, 5.74) is 3.45. The number of benzene rings is 2. The molecule has 2 aliphatic carbocycles. The summed E-state index contributed by atoms with van der Waals surface area (Å²) in [5, 5.41) is 15.1. The van der Waals surface area contributed by atoms with E-state index in [1.165, 1.54) is 0 Å². The number of aryl methyl sites for hydroxylation is 2. The first kappa shape index (κ1) is 43.1. The van der Waals surface area contributed by atoms with Crippen LogP contribution in [0.3, 0.4) is 0 Å². The highest BCUT2D eigenvalue weighted by molar-refractivity contribution is 6.05. The number of amides is 4. The normalized spacial score (nSPS) is 25.4. The van der Waals surface area contributed by atoms with E-state index < -0.39 is 11.9 Å². The molecule has 0 radical (unpaired) electrons. The van der Waals surface area contributed by atoms with Gasteiger partial charge < -0.3 is 24.6 Å². The number of fused-ring (bicyclic) bond motifs is 1. The monoisotopic (exact) mass is 844 g/mol. The Balaban J connectivity index is 0.791. The molecule has 4 amide bonds. The lowest BCUT2D eigenvalue weighted by Gasteiger charge is -2.63. The number of hydrogen-bond donors (Lipinski definition) is 2. The molecule has 2 N–H and O–H groups in total. The SMILES string of the molecule is Cc1cc(OC2C(C)(C)C(NC(=O)c3cnc(N4CCC(CN(C(C)C)C5CC(Oc6ccc7c(c6)C(=O)N([C@@H]6CCC(=O)NC6=O)C7)C5)CC4)cn3)C2(C)C)cc(C)c1C#N. The molecule has 2 saturated heterocycles. The largest absolute Gasteiger partial charge is 0.490 e. The number of rotatable bonds is 12. The summed E-state index contributed by atoms with van der Waals surface area (Å²) in [6, 6.07) is 11.8. The molecule has 328 valence electrons. The van der Waals surface area contributed by atoms with Crippen molar-refractivity contribution in [2.24, 2.45) is 16.7 Å². The molecule has 62 heavy (non-hydrogen) atoms. The summed E-state index contributed by atoms with van der Waals surface area (Å²) in [6.07, 6.45) is 7.69. The molecule has 2 saturated carbocycles. The zero-order valence-electron chi connectivity index (χ0n) is 37.3. The van der Waals surface area contributed by atoms with Crippen LogP contribution in [0.15, 0.2) is 42.7 Å². The Morgan fingerprint density at radius 2 is 1.66 bits per heavy atom. The van der Waals surface area contributed by atoms with Gasteiger partial charge in [-0.1, -0.05) is 33.8 Å². The minimum atomic E-state index is -0.633. The summed E-state index contributed by atoms with van der Waals surface area (Å²) in [4.78, 5) is 66.6. The third-order valence-electron chi connectivity index (χ3n) is 14.3. The Morgan fingerprint density at radius 1 is 0.968 bits per heavy atom. The molecule has 14 heteroatoms. The Hall–Kier alpha value is -5.55. The lowest BCUT2D eigenvalue weighted by molar-refractivity contribution is -0.164. The average molecular weight is 845 g/mol. The van der Waals surface area contributed by atoms with Crippen LogP contribution < -0.4 is 25.0 Å². The molecule has 3 aliphatic heterocycles. The predicted octanol–water partition coefficient (Wildman–Crippen LogP) is 5.87. The van der Waals surface area contributed by atoms with E-state index >= 15 is 0 Å². The first-order valence-electron chi connectivity index (χ1n) is 22.2. The molecule has 8 rings (SSSR count). The number of aromatic nitrogens is 2. The lowest BCUT2D eigenvalue weighted by Crippen LogP contribution is -2.74. The number of nitriles is 1. The molecule has 4 heterocycles. The highest BCUT2D eigenvalue weighted by Gasteiger charge is 2.64. The zero-order chi connectivity index (χ0) is 44.2. The molecule has 2 aromatic carbocycles. The fourth-order valence-electron chi connectivity index (χ4n) is 11.0. The number of piperidine rings is 2. The first-order valence-corrected chi connectivity index (χ1v) is 22.2. The minimum Gasteiger partial charge on any atom is -0.490 e. The van der Waals surface area contributed by atoms with Gasteiger partial charge in [-0.2, -0.15) is 5.26 Å². The minimum absolute atomic E-state index is 0.0685. The number of anilines is 1. The number of imide groups is 1. The molecule has 1 aromatic heterocycles. The van der Waals surface area contributed by atoms with Crippen LogP contribution in [0.1, 0.15) is 123 Å². The van der Waals surface area contributed by atoms with E-state index in [0.717, 1.165) is 73.6 Å². The maximum absolute atomic E-state index is 13.5. The van der Waals surface area contributed by atoms with Gasteiger partial charge in [0.25, 0.3) is 11.8 Å². The van der Waals surface area contributed by atoms with E-state index in [0.29, 0.717) is 47.8 Å². The average Bonchev–Trinajstić information content (AvgIpc) is 3.54. The molecule has 14 nitrogen and oxygen atoms in total. The van der Waals surface area contributed by atoms with Crippen molar-refractivity contribution in [3.05, 3.63) is 76.2 Å². The number of hydrogen-bond acceptors (Lipinski definition) is 11. The van der Waals surface area contributed by atoms with Crippen LogP contribution in [-0.4, -0.2) is 99.4 Å². The maximum atomic E-state index is 13.5. The Labute approximate surface area is 364 Å². The zero-order valence-corrected chi connectivity index (χ0v) is 37.3. The molecule has 4 fully saturated rings. The van der Waals surface area contributed by atoms with Crippen molar-refractivity contribution in [2.45, 2.75) is 137 Å². The van der Waals surface area contributed by atoms with Gasteiger partial charge in [0.1, 0.15) is 41.3 Å². The molecular weight excluding hydrogens is 785 g/mol. The van der Waals surface area contributed by atoms with Crippen molar-refractivity contribution in [3.8, 4) is 17.6 Å². The molecule has 0 unspecified atom stereocenters. The van der Waals surface area contributed by atoms with Crippen molar-refractivity contribution in [1.29, 1.82) is 5.26 Å². The fourth-order valence-corrected chi connectivity index (χ4v) is 11.0. The summed E-state index contributed by atoms with van der Waals surface area (Å²) in [7, 11) is 0. The van der Waals surface area contributed by atoms with Crippen LogP contribution in [-0.2, 0) is 16.1 Å². The van der Waals surface area contributed by atoms with Crippen LogP contribution >= 0.6 is 0 Å². The number of ether oxygens (including phenoxy) is 2. The molecule has 3 aromatic rings. The van der Waals surface area contributed by atoms with Crippen LogP contribution in [0.2, 0.25) is 0 Å². The van der Waals surface area contributed by atoms with Gasteiger partial charge in [-0.15, -0.1) is 0 Å². The van der Waals surface area contributed by atoms with Crippen molar-refractivity contribution >= 4 is 29.4 Å². The van der Waals surface area contributed by atoms with Gasteiger partial charge in [0.2, 0.25) is 11.8 Å². The van der Waals surface area contributed by atoms with E-state index in [2.05, 4.69) is 73.0 Å². The molecule has 1 atom stereocenters. The summed E-state index contributed by atoms with van der Waals surface area (Å²) in [5.74, 6) is 1.58. The lowest BCUT2D eigenvalue weighted by atomic mass is 9.49. The predicted molar refractivity (Wildman–Crippen MR) is 233 cm³/mol. The van der Waals surface area contributed by atoms with Crippen LogP contribution in [0.5, 0.6) is 11.5 Å². The third-order valence-corrected chi connectivity index (χ3v) is 14.3. The van der Waals surface area contributed by atoms with Gasteiger partial charge in [-0.3, -0.25) is 29.4 Å². The third kappa shape index (κ3) is 8.12. The van der Waals surface area contributed by atoms with E-state index in [-0.39, 0.29) is 58.9 Å². The number of carbonyl (C=O) groups is 4. The standard InChI is InChI=1S/C48H60N8O6/c1-27(2)55(32-19-35(20-32)61-33-10-9-31-26-56(44(60)36(31)21-33)39-11-12-41(57)52-43(39)59)25-30-13-15-54(16-14-30)40-24-50-38(23-51-40)42(58)53-45-47(5,6)46(48(45,7)8)62-34-17-28(3)37(22-49)29(4)18-34/h9-10,17-18,21,23-24,27,30,32,35,39,45-46H,11-16,19-20,25-26H2,1-8H3,(H,53,58)(H,52,57,59)/t32?,35?,39-,45?,46?/m1/s1. The molecular formula is C48H60N8O6. The Kier molecular flexibility index (Phi) is 11.6. The van der Waals surface area contributed by atoms with Crippen LogP contribution in [0, 0.1) is 41.9 Å². The van der Waals surface area contributed by atoms with Crippen molar-refractivity contribution in [1.82, 2.24) is 30.4 Å². The van der Waals surface area contributed by atoms with Gasteiger partial charge >= 0.3 is 0 Å². The number of carbonyl (C=O) groups excluding carboxylic acids is 4. The van der Waals surface area contributed by atoms with Gasteiger partial charge in [0.15, 0.2) is 0 Å². The second-order valence-corrected chi connectivity index (χ2v) is 19.7. The fraction of sp³-hybridized carbons (Fsp3) is 0.562. The molecule has 5 aliphatic rings. The van der Waals surface area contributed by atoms with Gasteiger partial charge in [-0.05, 0) is 93.8 Å². The smallest absolute Gasteiger partial charge is 0.271 e. The second-order valence-electron chi connectivity index (χ2n) is 19.7. The van der Waals surface area contributed by atoms with Crippen LogP contribution in [0.4, 0.5) is 5.82 Å². The van der Waals surface area contributed by atoms with E-state index in [1.54, 1.807) is 17.3 Å². The van der Waals surface area contributed by atoms with Crippen LogP contribution in [0.25, 0.3) is 0 Å². The Bertz CT molecular complexity index is 2250. The Morgan fingerprint density at radius 3 is 2.27 bits per heavy atom. The molecule has 0 spiro atoms. The van der Waals surface area contributed by atoms with Crippen molar-refractivity contribution in [2.75, 3.05) is 24.5 Å². The quantitative estimate of drug-likeness (QED) is 0.209. The molecule has 0 bridgehead atoms. The number of nitrogens with zero attached hydrogens (tertiary/aromatic N) is 6. The highest BCUT2D eigenvalue weighted by atomic mass is 16.5. The number of nitrogens with one attached hydrogen (secondary N) is 2. The van der Waals surface area contributed by atoms with Gasteiger partial charge in [-0.25, -0.2) is 9.97 Å². The summed E-state index contributed by atoms with van der Waals surface area (Å²) < 4.78 is 12.9. The summed E-state index contributed by atoms with van der Waals surface area (Å²) >= 11 is 0. The van der Waals surface area contributed by atoms with Crippen molar-refractivity contribution < 1.29 is 28.7 Å². The second kappa shape index (κ2) is 16.6. The van der Waals surface area contributed by atoms with Gasteiger partial charge in [0, 0.05) is 80.0 Å². The van der Waals surface area contributed by atoms with E-state index in [9.17, 15) is 24.4 Å². The maximum Gasteiger partial charge on any atom is 0.271 e. The van der Waals surface area contributed by atoms with E-state index in [1.807, 2.05) is 44.2 Å². The van der Waals surface area contributed by atoms with Crippen molar-refractivity contribution in [3.63, 3.8) is 0 Å². The van der Waals surface area contributed by atoms with Gasteiger partial charge in [0.05, 0.1) is 24.0 Å².